The van der Waals surface area contributed by atoms with E-state index >= 15 is 0 Å². The quantitative estimate of drug-likeness (QED) is 0.753. The summed E-state index contributed by atoms with van der Waals surface area (Å²) in [6.45, 7) is 3.49. The number of nitrogens with zero attached hydrogens (tertiary/aromatic N) is 1. The Morgan fingerprint density at radius 1 is 1.44 bits per heavy atom. The zero-order valence-corrected chi connectivity index (χ0v) is 14.0. The van der Waals surface area contributed by atoms with Crippen molar-refractivity contribution in [1.29, 1.82) is 0 Å². The van der Waals surface area contributed by atoms with E-state index in [0.29, 0.717) is 6.61 Å². The van der Waals surface area contributed by atoms with Crippen molar-refractivity contribution in [3.05, 3.63) is 31.9 Å². The summed E-state index contributed by atoms with van der Waals surface area (Å²) in [7, 11) is 1.69. The molecule has 0 bridgehead atoms. The summed E-state index contributed by atoms with van der Waals surface area (Å²) in [6, 6.07) is 6.17. The van der Waals surface area contributed by atoms with Crippen LogP contribution in [-0.2, 0) is 11.3 Å². The van der Waals surface area contributed by atoms with Crippen LogP contribution in [0.4, 0.5) is 5.69 Å². The molecule has 3 nitrogen and oxygen atoms in total. The van der Waals surface area contributed by atoms with Gasteiger partial charge < -0.3 is 10.1 Å². The molecular formula is C13H14BrIN2O. The van der Waals surface area contributed by atoms with Crippen LogP contribution in [0.5, 0.6) is 0 Å². The van der Waals surface area contributed by atoms with Crippen molar-refractivity contribution in [1.82, 2.24) is 4.98 Å². The molecule has 0 saturated carbocycles. The Balaban J connectivity index is 2.72. The molecule has 0 fully saturated rings. The number of rotatable bonds is 4. The van der Waals surface area contributed by atoms with Gasteiger partial charge in [-0.15, -0.1) is 0 Å². The van der Waals surface area contributed by atoms with Crippen LogP contribution >= 0.6 is 38.5 Å². The fraction of sp³-hybridized carbons (Fsp3) is 0.308. The molecule has 1 heterocycles. The predicted molar refractivity (Wildman–Crippen MR) is 87.0 cm³/mol. The maximum Gasteiger partial charge on any atom is 0.0885 e. The fourth-order valence-corrected chi connectivity index (χ4v) is 2.98. The van der Waals surface area contributed by atoms with Gasteiger partial charge in [-0.2, -0.15) is 0 Å². The molecule has 0 radical (unpaired) electrons. The van der Waals surface area contributed by atoms with Crippen LogP contribution in [0.3, 0.4) is 0 Å². The van der Waals surface area contributed by atoms with Crippen molar-refractivity contribution in [3.8, 4) is 0 Å². The molecule has 5 heteroatoms. The van der Waals surface area contributed by atoms with E-state index in [9.17, 15) is 0 Å². The summed E-state index contributed by atoms with van der Waals surface area (Å²) in [4.78, 5) is 4.67. The Morgan fingerprint density at radius 3 is 2.89 bits per heavy atom. The summed E-state index contributed by atoms with van der Waals surface area (Å²) in [5.41, 5.74) is 3.05. The first-order valence-electron chi connectivity index (χ1n) is 5.67. The third-order valence-electron chi connectivity index (χ3n) is 2.57. The molecule has 0 spiro atoms. The third kappa shape index (κ3) is 2.78. The second-order valence-electron chi connectivity index (χ2n) is 3.88. The molecule has 2 rings (SSSR count). The van der Waals surface area contributed by atoms with Crippen LogP contribution < -0.4 is 5.32 Å². The van der Waals surface area contributed by atoms with Crippen molar-refractivity contribution >= 4 is 55.1 Å². The number of methoxy groups -OCH3 is 1. The Labute approximate surface area is 129 Å². The molecule has 18 heavy (non-hydrogen) atoms. The van der Waals surface area contributed by atoms with Crippen molar-refractivity contribution in [2.45, 2.75) is 13.5 Å². The van der Waals surface area contributed by atoms with Gasteiger partial charge in [-0.3, -0.25) is 0 Å². The highest BCUT2D eigenvalue weighted by Crippen LogP contribution is 2.33. The molecule has 0 aliphatic carbocycles. The van der Waals surface area contributed by atoms with E-state index in [1.54, 1.807) is 7.11 Å². The van der Waals surface area contributed by atoms with E-state index in [4.69, 9.17) is 4.74 Å². The molecule has 0 aliphatic rings. The van der Waals surface area contributed by atoms with Crippen LogP contribution in [0.2, 0.25) is 0 Å². The number of halogens is 2. The SMILES string of the molecule is CCNc1cc(COC)nc2c(I)ccc(Br)c12. The Kier molecular flexibility index (Phi) is 4.80. The van der Waals surface area contributed by atoms with Gasteiger partial charge in [0.05, 0.1) is 17.8 Å². The lowest BCUT2D eigenvalue weighted by molar-refractivity contribution is 0.182. The van der Waals surface area contributed by atoms with Crippen LogP contribution in [-0.4, -0.2) is 18.6 Å². The highest BCUT2D eigenvalue weighted by molar-refractivity contribution is 14.1. The van der Waals surface area contributed by atoms with Crippen molar-refractivity contribution in [2.24, 2.45) is 0 Å². The average Bonchev–Trinajstić information content (AvgIpc) is 2.34. The van der Waals surface area contributed by atoms with Crippen LogP contribution in [0.1, 0.15) is 12.6 Å². The van der Waals surface area contributed by atoms with E-state index in [-0.39, 0.29) is 0 Å². The van der Waals surface area contributed by atoms with Gasteiger partial charge in [0.1, 0.15) is 0 Å². The number of fused-ring (bicyclic) bond motifs is 1. The monoisotopic (exact) mass is 420 g/mol. The minimum atomic E-state index is 0.525. The lowest BCUT2D eigenvalue weighted by Crippen LogP contribution is -2.02. The fourth-order valence-electron chi connectivity index (χ4n) is 1.87. The minimum Gasteiger partial charge on any atom is -0.385 e. The lowest BCUT2D eigenvalue weighted by Gasteiger charge is -2.12. The largest absolute Gasteiger partial charge is 0.385 e. The number of pyridine rings is 1. The van der Waals surface area contributed by atoms with Gasteiger partial charge in [-0.05, 0) is 47.7 Å². The van der Waals surface area contributed by atoms with Gasteiger partial charge >= 0.3 is 0 Å². The molecule has 1 aromatic carbocycles. The van der Waals surface area contributed by atoms with Crippen LogP contribution in [0.25, 0.3) is 10.9 Å². The first-order chi connectivity index (χ1) is 8.67. The lowest BCUT2D eigenvalue weighted by atomic mass is 10.1. The highest BCUT2D eigenvalue weighted by atomic mass is 127. The maximum atomic E-state index is 5.18. The first-order valence-corrected chi connectivity index (χ1v) is 7.55. The molecule has 0 atom stereocenters. The number of nitrogens with one attached hydrogen (secondary N) is 1. The summed E-state index contributed by atoms with van der Waals surface area (Å²) in [5.74, 6) is 0. The Morgan fingerprint density at radius 2 is 2.22 bits per heavy atom. The first kappa shape index (κ1) is 14.0. The second-order valence-corrected chi connectivity index (χ2v) is 5.89. The summed E-state index contributed by atoms with van der Waals surface area (Å²) in [6.07, 6.45) is 0. The van der Waals surface area contributed by atoms with Gasteiger partial charge in [-0.1, -0.05) is 15.9 Å². The minimum absolute atomic E-state index is 0.525. The van der Waals surface area contributed by atoms with E-state index < -0.39 is 0 Å². The number of aromatic nitrogens is 1. The predicted octanol–water partition coefficient (Wildman–Crippen LogP) is 4.18. The molecule has 0 unspecified atom stereocenters. The number of ether oxygens (including phenoxy) is 1. The normalized spacial score (nSPS) is 10.9. The van der Waals surface area contributed by atoms with Crippen LogP contribution in [0.15, 0.2) is 22.7 Å². The standard InChI is InChI=1S/C13H14BrIN2O/c1-3-16-11-6-8(7-18-2)17-13-10(15)5-4-9(14)12(11)13/h4-6H,3,7H2,1-2H3,(H,16,17). The Bertz CT molecular complexity index is 574. The van der Waals surface area contributed by atoms with Gasteiger partial charge in [-0.25, -0.2) is 4.98 Å². The van der Waals surface area contributed by atoms with E-state index in [0.717, 1.165) is 36.9 Å². The molecule has 1 aromatic heterocycles. The molecule has 1 N–H and O–H groups in total. The molecule has 0 saturated heterocycles. The number of hydrogen-bond donors (Lipinski definition) is 1. The molecule has 0 amide bonds. The molecule has 96 valence electrons. The third-order valence-corrected chi connectivity index (χ3v) is 4.10. The van der Waals surface area contributed by atoms with Crippen molar-refractivity contribution in [3.63, 3.8) is 0 Å². The number of benzene rings is 1. The summed E-state index contributed by atoms with van der Waals surface area (Å²) in [5, 5.41) is 4.52. The topological polar surface area (TPSA) is 34.1 Å². The Hall–Kier alpha value is -0.400. The smallest absolute Gasteiger partial charge is 0.0885 e. The van der Waals surface area contributed by atoms with Crippen molar-refractivity contribution < 1.29 is 4.74 Å². The van der Waals surface area contributed by atoms with Gasteiger partial charge in [0, 0.05) is 32.8 Å². The summed E-state index contributed by atoms with van der Waals surface area (Å²) < 4.78 is 7.38. The molecule has 0 aliphatic heterocycles. The number of anilines is 1. The number of hydrogen-bond acceptors (Lipinski definition) is 3. The van der Waals surface area contributed by atoms with E-state index in [2.05, 4.69) is 73.9 Å². The van der Waals surface area contributed by atoms with E-state index in [1.807, 2.05) is 0 Å². The van der Waals surface area contributed by atoms with Crippen molar-refractivity contribution in [2.75, 3.05) is 19.0 Å². The molecular weight excluding hydrogens is 407 g/mol. The average molecular weight is 421 g/mol. The zero-order chi connectivity index (χ0) is 13.1. The van der Waals surface area contributed by atoms with Gasteiger partial charge in [0.25, 0.3) is 0 Å². The van der Waals surface area contributed by atoms with E-state index in [1.165, 1.54) is 0 Å². The second kappa shape index (κ2) is 6.16. The van der Waals surface area contributed by atoms with Gasteiger partial charge in [0.2, 0.25) is 0 Å². The maximum absolute atomic E-state index is 5.18. The van der Waals surface area contributed by atoms with Crippen LogP contribution in [0, 0.1) is 3.57 Å². The molecule has 2 aromatic rings. The zero-order valence-electron chi connectivity index (χ0n) is 10.3. The highest BCUT2D eigenvalue weighted by Gasteiger charge is 2.11. The van der Waals surface area contributed by atoms with Gasteiger partial charge in [0.15, 0.2) is 0 Å². The summed E-state index contributed by atoms with van der Waals surface area (Å²) >= 11 is 5.91.